The Morgan fingerprint density at radius 3 is 2.74 bits per heavy atom. The van der Waals surface area contributed by atoms with Gasteiger partial charge in [0.2, 0.25) is 15.0 Å². The molecular weight excluding hydrogens is 311 g/mol. The van der Waals surface area contributed by atoms with E-state index >= 15 is 0 Å². The topological polar surface area (TPSA) is 67.3 Å². The van der Waals surface area contributed by atoms with Crippen molar-refractivity contribution in [3.8, 4) is 0 Å². The van der Waals surface area contributed by atoms with E-state index in [0.717, 1.165) is 0 Å². The lowest BCUT2D eigenvalue weighted by Gasteiger charge is -2.17. The molecule has 1 aliphatic heterocycles. The fraction of sp³-hybridized carbons (Fsp3) is 0.455. The zero-order valence-electron chi connectivity index (χ0n) is 10.1. The van der Waals surface area contributed by atoms with Gasteiger partial charge in [0, 0.05) is 40.9 Å². The summed E-state index contributed by atoms with van der Waals surface area (Å²) in [5, 5.41) is 0.302. The van der Waals surface area contributed by atoms with Crippen molar-refractivity contribution in [2.75, 3.05) is 17.2 Å². The van der Waals surface area contributed by atoms with Crippen LogP contribution in [0.4, 0.5) is 5.69 Å². The highest BCUT2D eigenvalue weighted by Gasteiger charge is 2.33. The summed E-state index contributed by atoms with van der Waals surface area (Å²) in [6.07, 6.45) is 0.172. The molecule has 1 aliphatic rings. The first-order valence-corrected chi connectivity index (χ1v) is 8.47. The van der Waals surface area contributed by atoms with Gasteiger partial charge in [-0.25, -0.2) is 13.4 Å². The van der Waals surface area contributed by atoms with Crippen molar-refractivity contribution >= 4 is 42.9 Å². The van der Waals surface area contributed by atoms with Crippen molar-refractivity contribution < 1.29 is 13.2 Å². The molecule has 0 aromatic carbocycles. The molecule has 1 aromatic heterocycles. The Labute approximate surface area is 120 Å². The fourth-order valence-electron chi connectivity index (χ4n) is 2.19. The lowest BCUT2D eigenvalue weighted by molar-refractivity contribution is -0.117. The van der Waals surface area contributed by atoms with Gasteiger partial charge in [-0.3, -0.25) is 4.79 Å². The van der Waals surface area contributed by atoms with Crippen LogP contribution in [-0.4, -0.2) is 31.6 Å². The maximum absolute atomic E-state index is 11.9. The summed E-state index contributed by atoms with van der Waals surface area (Å²) >= 11 is 5.85. The highest BCUT2D eigenvalue weighted by Crippen LogP contribution is 2.28. The van der Waals surface area contributed by atoms with Gasteiger partial charge in [0.05, 0.1) is 5.75 Å². The van der Waals surface area contributed by atoms with E-state index in [1.807, 2.05) is 0 Å². The van der Waals surface area contributed by atoms with E-state index in [9.17, 15) is 13.2 Å². The summed E-state index contributed by atoms with van der Waals surface area (Å²) in [4.78, 5) is 17.5. The third-order valence-electron chi connectivity index (χ3n) is 2.86. The molecule has 1 aromatic rings. The maximum atomic E-state index is 11.9. The van der Waals surface area contributed by atoms with Gasteiger partial charge in [0.15, 0.2) is 0 Å². The van der Waals surface area contributed by atoms with Gasteiger partial charge in [-0.1, -0.05) is 11.6 Å². The van der Waals surface area contributed by atoms with Crippen LogP contribution in [0.3, 0.4) is 0 Å². The number of amides is 1. The second-order valence-corrected chi connectivity index (χ2v) is 7.78. The number of hydrogen-bond donors (Lipinski definition) is 0. The predicted octanol–water partition coefficient (Wildman–Crippen LogP) is 1.96. The SMILES string of the molecule is Cc1cc(N2CC(CS(=O)(=O)Cl)CC2=O)cc(Cl)n1. The van der Waals surface area contributed by atoms with Crippen LogP contribution in [0, 0.1) is 12.8 Å². The number of anilines is 1. The number of halogens is 2. The zero-order chi connectivity index (χ0) is 14.2. The van der Waals surface area contributed by atoms with Crippen LogP contribution in [0.5, 0.6) is 0 Å². The first kappa shape index (κ1) is 14.6. The zero-order valence-corrected chi connectivity index (χ0v) is 12.5. The van der Waals surface area contributed by atoms with Crippen molar-refractivity contribution in [1.29, 1.82) is 0 Å². The monoisotopic (exact) mass is 322 g/mol. The molecule has 2 rings (SSSR count). The van der Waals surface area contributed by atoms with Crippen LogP contribution < -0.4 is 4.90 Å². The number of aromatic nitrogens is 1. The highest BCUT2D eigenvalue weighted by molar-refractivity contribution is 8.13. The van der Waals surface area contributed by atoms with Gasteiger partial charge < -0.3 is 4.90 Å². The van der Waals surface area contributed by atoms with Crippen LogP contribution in [0.2, 0.25) is 5.15 Å². The van der Waals surface area contributed by atoms with Crippen molar-refractivity contribution in [3.63, 3.8) is 0 Å². The van der Waals surface area contributed by atoms with Crippen molar-refractivity contribution in [2.45, 2.75) is 13.3 Å². The van der Waals surface area contributed by atoms with Gasteiger partial charge in [0.25, 0.3) is 0 Å². The van der Waals surface area contributed by atoms with Crippen LogP contribution in [0.25, 0.3) is 0 Å². The molecule has 1 unspecified atom stereocenters. The fourth-order valence-corrected chi connectivity index (χ4v) is 3.76. The predicted molar refractivity (Wildman–Crippen MR) is 74.1 cm³/mol. The quantitative estimate of drug-likeness (QED) is 0.630. The molecule has 1 amide bonds. The third-order valence-corrected chi connectivity index (χ3v) is 4.30. The average molecular weight is 323 g/mol. The number of hydrogen-bond acceptors (Lipinski definition) is 4. The van der Waals surface area contributed by atoms with Gasteiger partial charge in [-0.15, -0.1) is 0 Å². The lowest BCUT2D eigenvalue weighted by Crippen LogP contribution is -2.25. The van der Waals surface area contributed by atoms with E-state index < -0.39 is 9.05 Å². The summed E-state index contributed by atoms with van der Waals surface area (Å²) in [5.41, 5.74) is 1.33. The number of nitrogens with zero attached hydrogens (tertiary/aromatic N) is 2. The third kappa shape index (κ3) is 3.81. The molecule has 0 bridgehead atoms. The molecule has 0 N–H and O–H groups in total. The van der Waals surface area contributed by atoms with Crippen LogP contribution in [0.1, 0.15) is 12.1 Å². The molecule has 8 heteroatoms. The molecule has 5 nitrogen and oxygen atoms in total. The van der Waals surface area contributed by atoms with Crippen LogP contribution >= 0.6 is 22.3 Å². The highest BCUT2D eigenvalue weighted by atomic mass is 35.7. The molecule has 104 valence electrons. The van der Waals surface area contributed by atoms with E-state index in [1.54, 1.807) is 19.1 Å². The summed E-state index contributed by atoms with van der Waals surface area (Å²) in [6, 6.07) is 3.32. The minimum absolute atomic E-state index is 0.132. The van der Waals surface area contributed by atoms with Crippen molar-refractivity contribution in [1.82, 2.24) is 4.98 Å². The summed E-state index contributed by atoms with van der Waals surface area (Å²) in [7, 11) is 1.62. The smallest absolute Gasteiger partial charge is 0.232 e. The molecule has 1 fully saturated rings. The number of rotatable bonds is 3. The number of aryl methyl sites for hydroxylation is 1. The molecular formula is C11H12Cl2N2O3S. The summed E-state index contributed by atoms with van der Waals surface area (Å²) < 4.78 is 22.1. The standard InChI is InChI=1S/C11H12Cl2N2O3S/c1-7-2-9(4-10(12)14-7)15-5-8(3-11(15)16)6-19(13,17)18/h2,4,8H,3,5-6H2,1H3. The lowest BCUT2D eigenvalue weighted by atomic mass is 10.1. The van der Waals surface area contributed by atoms with Gasteiger partial charge in [-0.05, 0) is 19.1 Å². The molecule has 2 heterocycles. The minimum atomic E-state index is -3.60. The first-order valence-electron chi connectivity index (χ1n) is 5.61. The Morgan fingerprint density at radius 2 is 2.16 bits per heavy atom. The number of carbonyl (C=O) groups is 1. The molecule has 1 saturated heterocycles. The van der Waals surface area contributed by atoms with E-state index in [0.29, 0.717) is 23.1 Å². The van der Waals surface area contributed by atoms with Crippen LogP contribution in [0.15, 0.2) is 12.1 Å². The van der Waals surface area contributed by atoms with Crippen molar-refractivity contribution in [3.05, 3.63) is 23.0 Å². The van der Waals surface area contributed by atoms with E-state index in [-0.39, 0.29) is 24.0 Å². The Morgan fingerprint density at radius 1 is 1.47 bits per heavy atom. The molecule has 0 radical (unpaired) electrons. The van der Waals surface area contributed by atoms with Gasteiger partial charge >= 0.3 is 0 Å². The maximum Gasteiger partial charge on any atom is 0.232 e. The largest absolute Gasteiger partial charge is 0.312 e. The van der Waals surface area contributed by atoms with E-state index in [1.165, 1.54) is 4.90 Å². The molecule has 0 spiro atoms. The molecule has 0 aliphatic carbocycles. The summed E-state index contributed by atoms with van der Waals surface area (Å²) in [6.45, 7) is 2.10. The Balaban J connectivity index is 2.20. The average Bonchev–Trinajstić information content (AvgIpc) is 2.54. The van der Waals surface area contributed by atoms with Crippen LogP contribution in [-0.2, 0) is 13.8 Å². The molecule has 0 saturated carbocycles. The second-order valence-electron chi connectivity index (χ2n) is 4.57. The minimum Gasteiger partial charge on any atom is -0.312 e. The normalized spacial score (nSPS) is 20.1. The summed E-state index contributed by atoms with van der Waals surface area (Å²) in [5.74, 6) is -0.622. The van der Waals surface area contributed by atoms with Crippen molar-refractivity contribution in [2.24, 2.45) is 5.92 Å². The molecule has 1 atom stereocenters. The first-order chi connectivity index (χ1) is 8.74. The number of pyridine rings is 1. The Kier molecular flexibility index (Phi) is 4.03. The second kappa shape index (κ2) is 5.26. The van der Waals surface area contributed by atoms with E-state index in [2.05, 4.69) is 4.98 Å². The van der Waals surface area contributed by atoms with Gasteiger partial charge in [-0.2, -0.15) is 0 Å². The van der Waals surface area contributed by atoms with E-state index in [4.69, 9.17) is 22.3 Å². The van der Waals surface area contributed by atoms with Gasteiger partial charge in [0.1, 0.15) is 5.15 Å². The Hall–Kier alpha value is -0.850. The number of carbonyl (C=O) groups excluding carboxylic acids is 1. The Bertz CT molecular complexity index is 598. The molecule has 19 heavy (non-hydrogen) atoms.